The minimum absolute atomic E-state index is 0.104. The van der Waals surface area contributed by atoms with E-state index >= 15 is 0 Å². The summed E-state index contributed by atoms with van der Waals surface area (Å²) in [5.74, 6) is 1.29. The van der Waals surface area contributed by atoms with Crippen molar-refractivity contribution in [3.05, 3.63) is 36.0 Å². The molecule has 7 heteroatoms. The number of hydrogen-bond acceptors (Lipinski definition) is 4. The minimum atomic E-state index is -4.32. The fourth-order valence-corrected chi connectivity index (χ4v) is 2.63. The van der Waals surface area contributed by atoms with Gasteiger partial charge in [0, 0.05) is 12.7 Å². The largest absolute Gasteiger partial charge is 0.469 e. The Bertz CT molecular complexity index is 531. The number of phosphoric acid groups is 1. The predicted octanol–water partition coefficient (Wildman–Crippen LogP) is 4.14. The molecule has 0 radical (unpaired) electrons. The molecular weight excluding hydrogens is 327 g/mol. The van der Waals surface area contributed by atoms with Gasteiger partial charge < -0.3 is 15.1 Å². The molecule has 1 rings (SSSR count). The molecule has 0 spiro atoms. The van der Waals surface area contributed by atoms with Gasteiger partial charge in [0.2, 0.25) is 0 Å². The van der Waals surface area contributed by atoms with E-state index < -0.39 is 7.82 Å². The number of phosphoric ester groups is 1. The van der Waals surface area contributed by atoms with Crippen LogP contribution in [0.4, 0.5) is 5.82 Å². The monoisotopic (exact) mass is 356 g/mol. The number of allylic oxidation sites excluding steroid dienone is 2. The van der Waals surface area contributed by atoms with Gasteiger partial charge in [0.15, 0.2) is 0 Å². The molecule has 0 aliphatic heterocycles. The third-order valence-electron chi connectivity index (χ3n) is 3.74. The third-order valence-corrected chi connectivity index (χ3v) is 4.26. The molecule has 1 aromatic heterocycles. The molecule has 0 aliphatic carbocycles. The summed E-state index contributed by atoms with van der Waals surface area (Å²) in [6.07, 6.45) is 8.78. The van der Waals surface area contributed by atoms with Crippen molar-refractivity contribution in [3.8, 4) is 0 Å². The van der Waals surface area contributed by atoms with E-state index in [-0.39, 0.29) is 6.61 Å². The Labute approximate surface area is 144 Å². The van der Waals surface area contributed by atoms with Crippen molar-refractivity contribution in [2.45, 2.75) is 46.0 Å². The van der Waals surface area contributed by atoms with Crippen molar-refractivity contribution < 1.29 is 18.9 Å². The van der Waals surface area contributed by atoms with Crippen molar-refractivity contribution in [3.63, 3.8) is 0 Å². The fourth-order valence-electron chi connectivity index (χ4n) is 2.28. The lowest BCUT2D eigenvalue weighted by atomic mass is 10.0. The quantitative estimate of drug-likeness (QED) is 0.296. The smallest absolute Gasteiger partial charge is 0.370 e. The van der Waals surface area contributed by atoms with Crippen LogP contribution in [0.1, 0.15) is 46.0 Å². The molecule has 136 valence electrons. The van der Waals surface area contributed by atoms with Gasteiger partial charge >= 0.3 is 7.82 Å². The average Bonchev–Trinajstić information content (AvgIpc) is 2.51. The van der Waals surface area contributed by atoms with Crippen LogP contribution >= 0.6 is 7.82 Å². The number of aromatic nitrogens is 1. The Morgan fingerprint density at radius 2 is 2.21 bits per heavy atom. The van der Waals surface area contributed by atoms with Gasteiger partial charge in [0.25, 0.3) is 0 Å². The van der Waals surface area contributed by atoms with E-state index in [1.807, 2.05) is 18.2 Å². The van der Waals surface area contributed by atoms with Crippen LogP contribution in [-0.4, -0.2) is 27.9 Å². The highest BCUT2D eigenvalue weighted by molar-refractivity contribution is 7.46. The van der Waals surface area contributed by atoms with Crippen LogP contribution in [0.3, 0.4) is 0 Å². The zero-order chi connectivity index (χ0) is 17.8. The summed E-state index contributed by atoms with van der Waals surface area (Å²) < 4.78 is 15.1. The van der Waals surface area contributed by atoms with Gasteiger partial charge in [-0.15, -0.1) is 0 Å². The van der Waals surface area contributed by atoms with Gasteiger partial charge in [-0.2, -0.15) is 0 Å². The topological polar surface area (TPSA) is 91.7 Å². The Morgan fingerprint density at radius 3 is 2.88 bits per heavy atom. The Balaban J connectivity index is 2.08. The standard InChI is InChI=1S/C17H29N2O4P/c1-15(9-6-13-19-17-10-3-4-12-18-17)7-5-8-16(2)11-14-23-24(20,21)22/h3-4,7,10,12,16H,5-6,8-9,11,13-14H2,1-2H3,(H,18,19)(H2,20,21,22)/b15-7-. The molecule has 0 amide bonds. The molecular formula is C17H29N2O4P. The zero-order valence-corrected chi connectivity index (χ0v) is 15.4. The molecule has 1 heterocycles. The first-order valence-electron chi connectivity index (χ1n) is 8.37. The second-order valence-electron chi connectivity index (χ2n) is 6.09. The normalized spacial score (nSPS) is 13.8. The van der Waals surface area contributed by atoms with Gasteiger partial charge in [-0.3, -0.25) is 4.52 Å². The van der Waals surface area contributed by atoms with Crippen LogP contribution in [-0.2, 0) is 9.09 Å². The lowest BCUT2D eigenvalue weighted by Gasteiger charge is -2.11. The highest BCUT2D eigenvalue weighted by Crippen LogP contribution is 2.36. The summed E-state index contributed by atoms with van der Waals surface area (Å²) in [7, 11) is -4.32. The molecule has 0 fully saturated rings. The molecule has 1 unspecified atom stereocenters. The number of nitrogens with zero attached hydrogens (tertiary/aromatic N) is 1. The molecule has 6 nitrogen and oxygen atoms in total. The maximum absolute atomic E-state index is 10.6. The summed E-state index contributed by atoms with van der Waals surface area (Å²) in [6, 6.07) is 5.82. The molecule has 0 saturated carbocycles. The van der Waals surface area contributed by atoms with Crippen LogP contribution in [0.2, 0.25) is 0 Å². The van der Waals surface area contributed by atoms with Crippen molar-refractivity contribution in [2.24, 2.45) is 5.92 Å². The molecule has 0 saturated heterocycles. The average molecular weight is 356 g/mol. The van der Waals surface area contributed by atoms with Gasteiger partial charge in [0.05, 0.1) is 6.61 Å². The van der Waals surface area contributed by atoms with Crippen molar-refractivity contribution in [1.29, 1.82) is 0 Å². The van der Waals surface area contributed by atoms with Crippen molar-refractivity contribution in [2.75, 3.05) is 18.5 Å². The maximum Gasteiger partial charge on any atom is 0.469 e. The number of hydrogen-bond donors (Lipinski definition) is 3. The van der Waals surface area contributed by atoms with Gasteiger partial charge in [-0.25, -0.2) is 9.55 Å². The second kappa shape index (κ2) is 11.4. The summed E-state index contributed by atoms with van der Waals surface area (Å²) in [6.45, 7) is 5.22. The minimum Gasteiger partial charge on any atom is -0.370 e. The summed E-state index contributed by atoms with van der Waals surface area (Å²) in [4.78, 5) is 21.5. The van der Waals surface area contributed by atoms with Crippen molar-refractivity contribution in [1.82, 2.24) is 4.98 Å². The van der Waals surface area contributed by atoms with Crippen LogP contribution in [0.25, 0.3) is 0 Å². The highest BCUT2D eigenvalue weighted by atomic mass is 31.2. The lowest BCUT2D eigenvalue weighted by Crippen LogP contribution is -2.03. The van der Waals surface area contributed by atoms with E-state index in [1.54, 1.807) is 6.20 Å². The molecule has 0 bridgehead atoms. The van der Waals surface area contributed by atoms with E-state index in [0.717, 1.165) is 38.0 Å². The molecule has 1 aromatic rings. The number of nitrogens with one attached hydrogen (secondary N) is 1. The van der Waals surface area contributed by atoms with E-state index in [4.69, 9.17) is 9.79 Å². The maximum atomic E-state index is 10.6. The van der Waals surface area contributed by atoms with Crippen LogP contribution in [0.15, 0.2) is 36.0 Å². The Morgan fingerprint density at radius 1 is 1.42 bits per heavy atom. The zero-order valence-electron chi connectivity index (χ0n) is 14.5. The third kappa shape index (κ3) is 11.4. The van der Waals surface area contributed by atoms with Crippen molar-refractivity contribution >= 4 is 13.6 Å². The van der Waals surface area contributed by atoms with E-state index in [2.05, 4.69) is 34.7 Å². The number of rotatable bonds is 12. The molecule has 24 heavy (non-hydrogen) atoms. The van der Waals surface area contributed by atoms with Crippen LogP contribution < -0.4 is 5.32 Å². The van der Waals surface area contributed by atoms with E-state index in [9.17, 15) is 4.57 Å². The molecule has 0 aliphatic rings. The Kier molecular flexibility index (Phi) is 9.88. The highest BCUT2D eigenvalue weighted by Gasteiger charge is 2.13. The number of pyridine rings is 1. The summed E-state index contributed by atoms with van der Waals surface area (Å²) in [5, 5.41) is 3.29. The van der Waals surface area contributed by atoms with Gasteiger partial charge in [-0.05, 0) is 57.1 Å². The van der Waals surface area contributed by atoms with Crippen LogP contribution in [0, 0.1) is 5.92 Å². The first-order chi connectivity index (χ1) is 11.4. The van der Waals surface area contributed by atoms with Gasteiger partial charge in [0.1, 0.15) is 5.82 Å². The SMILES string of the molecule is C/C(=C/CCC(C)CCOP(=O)(O)O)CCCNc1ccccn1. The Hall–Kier alpha value is -1.20. The number of anilines is 1. The molecule has 0 aromatic carbocycles. The predicted molar refractivity (Wildman–Crippen MR) is 96.7 cm³/mol. The van der Waals surface area contributed by atoms with E-state index in [1.165, 1.54) is 5.57 Å². The first kappa shape index (κ1) is 20.8. The second-order valence-corrected chi connectivity index (χ2v) is 7.33. The summed E-state index contributed by atoms with van der Waals surface area (Å²) in [5.41, 5.74) is 1.37. The van der Waals surface area contributed by atoms with Crippen LogP contribution in [0.5, 0.6) is 0 Å². The first-order valence-corrected chi connectivity index (χ1v) is 9.90. The molecule has 1 atom stereocenters. The summed E-state index contributed by atoms with van der Waals surface area (Å²) >= 11 is 0. The molecule has 3 N–H and O–H groups in total. The fraction of sp³-hybridized carbons (Fsp3) is 0.588. The van der Waals surface area contributed by atoms with Gasteiger partial charge in [-0.1, -0.05) is 24.6 Å². The lowest BCUT2D eigenvalue weighted by molar-refractivity contribution is 0.185. The van der Waals surface area contributed by atoms with E-state index in [0.29, 0.717) is 12.3 Å².